The number of fused-ring (bicyclic) bond motifs is 1. The molecule has 0 unspecified atom stereocenters. The minimum absolute atomic E-state index is 0.00929. The van der Waals surface area contributed by atoms with Gasteiger partial charge < -0.3 is 9.52 Å². The molecule has 6 heteroatoms. The van der Waals surface area contributed by atoms with Crippen molar-refractivity contribution < 1.29 is 18.7 Å². The summed E-state index contributed by atoms with van der Waals surface area (Å²) in [6.45, 7) is 0. The van der Waals surface area contributed by atoms with Gasteiger partial charge in [0.25, 0.3) is 0 Å². The van der Waals surface area contributed by atoms with Crippen molar-refractivity contribution in [3.8, 4) is 11.5 Å². The van der Waals surface area contributed by atoms with Crippen molar-refractivity contribution >= 4 is 28.7 Å². The van der Waals surface area contributed by atoms with Crippen LogP contribution in [-0.4, -0.2) is 16.1 Å². The van der Waals surface area contributed by atoms with Crippen molar-refractivity contribution in [2.24, 2.45) is 0 Å². The highest BCUT2D eigenvalue weighted by Crippen LogP contribution is 2.32. The molecule has 1 aromatic heterocycles. The number of hydrogen-bond acceptors (Lipinski definition) is 3. The van der Waals surface area contributed by atoms with E-state index in [0.717, 1.165) is 0 Å². The van der Waals surface area contributed by atoms with Crippen molar-refractivity contribution in [2.45, 2.75) is 0 Å². The average Bonchev–Trinajstić information content (AvgIpc) is 2.81. The lowest BCUT2D eigenvalue weighted by molar-refractivity contribution is 0.0699. The molecule has 0 spiro atoms. The fourth-order valence-corrected chi connectivity index (χ4v) is 2.17. The summed E-state index contributed by atoms with van der Waals surface area (Å²) in [4.78, 5) is 15.2. The normalized spacial score (nSPS) is 10.9. The van der Waals surface area contributed by atoms with E-state index in [1.165, 1.54) is 30.3 Å². The molecule has 0 radical (unpaired) electrons. The van der Waals surface area contributed by atoms with Crippen LogP contribution in [0.3, 0.4) is 0 Å². The van der Waals surface area contributed by atoms with Gasteiger partial charge in [-0.15, -0.1) is 0 Å². The van der Waals surface area contributed by atoms with Gasteiger partial charge in [-0.3, -0.25) is 0 Å². The molecule has 4 nitrogen and oxygen atoms in total. The summed E-state index contributed by atoms with van der Waals surface area (Å²) in [7, 11) is 0. The lowest BCUT2D eigenvalue weighted by Gasteiger charge is -1.99. The van der Waals surface area contributed by atoms with Crippen molar-refractivity contribution in [3.63, 3.8) is 0 Å². The molecular weight excluding hydrogens is 285 g/mol. The predicted molar refractivity (Wildman–Crippen MR) is 71.4 cm³/mol. The Bertz CT molecular complexity index is 808. The lowest BCUT2D eigenvalue weighted by atomic mass is 10.2. The Balaban J connectivity index is 2.29. The van der Waals surface area contributed by atoms with Crippen LogP contribution in [-0.2, 0) is 0 Å². The number of halogens is 2. The van der Waals surface area contributed by atoms with Gasteiger partial charge in [0.2, 0.25) is 5.89 Å². The molecule has 0 aliphatic heterocycles. The quantitative estimate of drug-likeness (QED) is 0.775. The van der Waals surface area contributed by atoms with Crippen LogP contribution in [0.25, 0.3) is 22.6 Å². The minimum Gasteiger partial charge on any atom is -0.478 e. The van der Waals surface area contributed by atoms with Gasteiger partial charge in [-0.05, 0) is 24.3 Å². The van der Waals surface area contributed by atoms with E-state index in [2.05, 4.69) is 4.98 Å². The van der Waals surface area contributed by atoms with Crippen LogP contribution in [0.4, 0.5) is 4.39 Å². The third kappa shape index (κ3) is 1.92. The molecule has 0 amide bonds. The highest BCUT2D eigenvalue weighted by atomic mass is 35.5. The van der Waals surface area contributed by atoms with E-state index in [9.17, 15) is 9.18 Å². The van der Waals surface area contributed by atoms with E-state index in [1.54, 1.807) is 6.07 Å². The molecule has 0 atom stereocenters. The maximum absolute atomic E-state index is 13.8. The van der Waals surface area contributed by atoms with E-state index in [1.807, 2.05) is 0 Å². The average molecular weight is 292 g/mol. The zero-order valence-corrected chi connectivity index (χ0v) is 10.7. The number of aromatic nitrogens is 1. The molecule has 0 aliphatic rings. The van der Waals surface area contributed by atoms with Gasteiger partial charge in [-0.1, -0.05) is 23.7 Å². The van der Waals surface area contributed by atoms with E-state index in [-0.39, 0.29) is 33.1 Å². The monoisotopic (exact) mass is 291 g/mol. The summed E-state index contributed by atoms with van der Waals surface area (Å²) in [6.07, 6.45) is 0. The summed E-state index contributed by atoms with van der Waals surface area (Å²) in [6, 6.07) is 8.70. The van der Waals surface area contributed by atoms with Gasteiger partial charge in [0, 0.05) is 0 Å². The summed E-state index contributed by atoms with van der Waals surface area (Å²) in [5.74, 6) is -1.76. The SMILES string of the molecule is O=C(O)c1cccc2oc(-c3c(F)cccc3Cl)nc12. The number of carboxylic acid groups (broad SMARTS) is 1. The molecule has 3 rings (SSSR count). The molecule has 0 bridgehead atoms. The second-order valence-corrected chi connectivity index (χ2v) is 4.48. The first kappa shape index (κ1) is 12.6. The number of hydrogen-bond donors (Lipinski definition) is 1. The van der Waals surface area contributed by atoms with Crippen molar-refractivity contribution in [2.75, 3.05) is 0 Å². The summed E-state index contributed by atoms with van der Waals surface area (Å²) in [5, 5.41) is 9.24. The van der Waals surface area contributed by atoms with E-state index < -0.39 is 11.8 Å². The molecule has 0 fully saturated rings. The van der Waals surface area contributed by atoms with Crippen LogP contribution in [0.1, 0.15) is 10.4 Å². The number of para-hydroxylation sites is 1. The first-order valence-corrected chi connectivity index (χ1v) is 6.03. The molecule has 1 N–H and O–H groups in total. The molecule has 0 aliphatic carbocycles. The van der Waals surface area contributed by atoms with Crippen LogP contribution in [0, 0.1) is 5.82 Å². The Hall–Kier alpha value is -2.40. The number of carbonyl (C=O) groups is 1. The first-order chi connectivity index (χ1) is 9.58. The largest absolute Gasteiger partial charge is 0.478 e. The van der Waals surface area contributed by atoms with Crippen molar-refractivity contribution in [1.82, 2.24) is 4.98 Å². The molecule has 20 heavy (non-hydrogen) atoms. The van der Waals surface area contributed by atoms with Gasteiger partial charge >= 0.3 is 5.97 Å². The third-order valence-corrected chi connectivity index (χ3v) is 3.14. The summed E-state index contributed by atoms with van der Waals surface area (Å²) < 4.78 is 19.2. The topological polar surface area (TPSA) is 63.3 Å². The van der Waals surface area contributed by atoms with Crippen LogP contribution in [0.5, 0.6) is 0 Å². The van der Waals surface area contributed by atoms with Crippen molar-refractivity contribution in [3.05, 3.63) is 52.8 Å². The third-order valence-electron chi connectivity index (χ3n) is 2.83. The Morgan fingerprint density at radius 2 is 2.00 bits per heavy atom. The van der Waals surface area contributed by atoms with Crippen LogP contribution >= 0.6 is 11.6 Å². The number of rotatable bonds is 2. The molecular formula is C14H7ClFNO3. The van der Waals surface area contributed by atoms with Crippen LogP contribution in [0.15, 0.2) is 40.8 Å². The number of oxazole rings is 1. The Morgan fingerprint density at radius 3 is 2.70 bits per heavy atom. The standard InChI is InChI=1S/C14H7ClFNO3/c15-8-4-2-5-9(16)11(8)13-17-12-7(14(18)19)3-1-6-10(12)20-13/h1-6H,(H,18,19). The van der Waals surface area contributed by atoms with Gasteiger partial charge in [-0.2, -0.15) is 0 Å². The van der Waals surface area contributed by atoms with E-state index in [4.69, 9.17) is 21.1 Å². The summed E-state index contributed by atoms with van der Waals surface area (Å²) >= 11 is 5.94. The smallest absolute Gasteiger partial charge is 0.338 e. The van der Waals surface area contributed by atoms with Gasteiger partial charge in [0.05, 0.1) is 16.1 Å². The Kier molecular flexibility index (Phi) is 2.91. The number of nitrogens with zero attached hydrogens (tertiary/aromatic N) is 1. The van der Waals surface area contributed by atoms with E-state index in [0.29, 0.717) is 0 Å². The molecule has 2 aromatic carbocycles. The number of benzene rings is 2. The fraction of sp³-hybridized carbons (Fsp3) is 0. The molecule has 1 heterocycles. The zero-order valence-electron chi connectivity index (χ0n) is 9.93. The van der Waals surface area contributed by atoms with Gasteiger partial charge in [0.1, 0.15) is 11.3 Å². The lowest BCUT2D eigenvalue weighted by Crippen LogP contribution is -1.96. The van der Waals surface area contributed by atoms with Crippen molar-refractivity contribution in [1.29, 1.82) is 0 Å². The molecule has 100 valence electrons. The Labute approximate surface area is 117 Å². The molecule has 0 saturated heterocycles. The second-order valence-electron chi connectivity index (χ2n) is 4.07. The fourth-order valence-electron chi connectivity index (χ4n) is 1.93. The zero-order chi connectivity index (χ0) is 14.3. The van der Waals surface area contributed by atoms with Crippen LogP contribution < -0.4 is 0 Å². The van der Waals surface area contributed by atoms with E-state index >= 15 is 0 Å². The van der Waals surface area contributed by atoms with Gasteiger partial charge in [0.15, 0.2) is 5.58 Å². The maximum atomic E-state index is 13.8. The first-order valence-electron chi connectivity index (χ1n) is 5.65. The maximum Gasteiger partial charge on any atom is 0.338 e. The minimum atomic E-state index is -1.13. The summed E-state index contributed by atoms with van der Waals surface area (Å²) in [5.41, 5.74) is 0.431. The predicted octanol–water partition coefficient (Wildman–Crippen LogP) is 3.99. The number of aromatic carboxylic acids is 1. The highest BCUT2D eigenvalue weighted by Gasteiger charge is 2.19. The molecule has 0 saturated carbocycles. The second kappa shape index (κ2) is 4.61. The molecule has 3 aromatic rings. The van der Waals surface area contributed by atoms with Gasteiger partial charge in [-0.25, -0.2) is 14.2 Å². The number of carboxylic acids is 1. The Morgan fingerprint density at radius 1 is 1.25 bits per heavy atom. The van der Waals surface area contributed by atoms with Crippen LogP contribution in [0.2, 0.25) is 5.02 Å². The highest BCUT2D eigenvalue weighted by molar-refractivity contribution is 6.33.